The molecule has 1 aliphatic carbocycles. The van der Waals surface area contributed by atoms with Gasteiger partial charge in [-0.15, -0.1) is 0 Å². The summed E-state index contributed by atoms with van der Waals surface area (Å²) in [5.41, 5.74) is 2.64. The molecule has 0 atom stereocenters. The van der Waals surface area contributed by atoms with Gasteiger partial charge < -0.3 is 10.4 Å². The minimum Gasteiger partial charge on any atom is -0.394 e. The zero-order valence-electron chi connectivity index (χ0n) is 13.2. The molecule has 2 rings (SSSR count). The van der Waals surface area contributed by atoms with E-state index >= 15 is 0 Å². The van der Waals surface area contributed by atoms with Crippen molar-refractivity contribution in [3.05, 3.63) is 35.4 Å². The Kier molecular flexibility index (Phi) is 5.22. The van der Waals surface area contributed by atoms with E-state index < -0.39 is 0 Å². The van der Waals surface area contributed by atoms with Crippen molar-refractivity contribution in [2.75, 3.05) is 6.61 Å². The van der Waals surface area contributed by atoms with Crippen molar-refractivity contribution < 1.29 is 5.11 Å². The lowest BCUT2D eigenvalue weighted by Crippen LogP contribution is -2.50. The highest BCUT2D eigenvalue weighted by Gasteiger charge is 2.32. The molecule has 1 saturated carbocycles. The summed E-state index contributed by atoms with van der Waals surface area (Å²) in [7, 11) is 0. The average molecular weight is 275 g/mol. The van der Waals surface area contributed by atoms with E-state index in [2.05, 4.69) is 50.4 Å². The largest absolute Gasteiger partial charge is 0.394 e. The predicted octanol–water partition coefficient (Wildman–Crippen LogP) is 3.84. The molecule has 0 amide bonds. The van der Waals surface area contributed by atoms with Crippen LogP contribution in [0.15, 0.2) is 24.3 Å². The number of aliphatic hydroxyl groups is 1. The van der Waals surface area contributed by atoms with Gasteiger partial charge in [0, 0.05) is 12.1 Å². The molecule has 2 nitrogen and oxygen atoms in total. The van der Waals surface area contributed by atoms with Crippen LogP contribution in [0.2, 0.25) is 0 Å². The number of rotatable bonds is 5. The third kappa shape index (κ3) is 3.83. The summed E-state index contributed by atoms with van der Waals surface area (Å²) < 4.78 is 0. The van der Waals surface area contributed by atoms with Gasteiger partial charge in [0.25, 0.3) is 0 Å². The fourth-order valence-electron chi connectivity index (χ4n) is 3.02. The Morgan fingerprint density at radius 3 is 2.30 bits per heavy atom. The molecule has 1 aromatic rings. The summed E-state index contributed by atoms with van der Waals surface area (Å²) in [6.07, 6.45) is 4.63. The van der Waals surface area contributed by atoms with Crippen molar-refractivity contribution >= 4 is 0 Å². The van der Waals surface area contributed by atoms with Crippen molar-refractivity contribution in [3.63, 3.8) is 0 Å². The molecule has 2 heteroatoms. The molecule has 0 aliphatic heterocycles. The molecular formula is C18H29NO. The molecule has 1 aliphatic rings. The number of aliphatic hydroxyl groups excluding tert-OH is 1. The van der Waals surface area contributed by atoms with Crippen molar-refractivity contribution in [2.24, 2.45) is 5.92 Å². The van der Waals surface area contributed by atoms with Crippen LogP contribution in [0.25, 0.3) is 0 Å². The summed E-state index contributed by atoms with van der Waals surface area (Å²) in [6, 6.07) is 8.85. The SMILES string of the molecule is CC1CCC(CO)(NCc2ccc(C(C)C)cc2)CC1. The quantitative estimate of drug-likeness (QED) is 0.855. The minimum atomic E-state index is -0.0524. The summed E-state index contributed by atoms with van der Waals surface area (Å²) in [5.74, 6) is 1.39. The molecular weight excluding hydrogens is 246 g/mol. The van der Waals surface area contributed by atoms with E-state index in [1.807, 2.05) is 0 Å². The first-order chi connectivity index (χ1) is 9.54. The van der Waals surface area contributed by atoms with E-state index in [4.69, 9.17) is 0 Å². The van der Waals surface area contributed by atoms with E-state index in [0.29, 0.717) is 5.92 Å². The Hall–Kier alpha value is -0.860. The van der Waals surface area contributed by atoms with Gasteiger partial charge in [-0.2, -0.15) is 0 Å². The number of hydrogen-bond donors (Lipinski definition) is 2. The maximum Gasteiger partial charge on any atom is 0.0613 e. The number of benzene rings is 1. The first-order valence-electron chi connectivity index (χ1n) is 7.99. The Labute approximate surface area is 123 Å². The molecule has 0 aromatic heterocycles. The van der Waals surface area contributed by atoms with Crippen LogP contribution < -0.4 is 5.32 Å². The van der Waals surface area contributed by atoms with Gasteiger partial charge in [-0.1, -0.05) is 45.0 Å². The third-order valence-electron chi connectivity index (χ3n) is 4.85. The van der Waals surface area contributed by atoms with Gasteiger partial charge in [-0.25, -0.2) is 0 Å². The van der Waals surface area contributed by atoms with Crippen LogP contribution in [-0.4, -0.2) is 17.3 Å². The smallest absolute Gasteiger partial charge is 0.0613 e. The lowest BCUT2D eigenvalue weighted by molar-refractivity contribution is 0.104. The van der Waals surface area contributed by atoms with Crippen LogP contribution >= 0.6 is 0 Å². The molecule has 2 N–H and O–H groups in total. The van der Waals surface area contributed by atoms with Crippen molar-refractivity contribution in [1.29, 1.82) is 0 Å². The fourth-order valence-corrected chi connectivity index (χ4v) is 3.02. The van der Waals surface area contributed by atoms with E-state index in [-0.39, 0.29) is 12.1 Å². The summed E-state index contributed by atoms with van der Waals surface area (Å²) in [4.78, 5) is 0. The van der Waals surface area contributed by atoms with Crippen LogP contribution in [0.5, 0.6) is 0 Å². The minimum absolute atomic E-state index is 0.0524. The normalized spacial score (nSPS) is 26.9. The van der Waals surface area contributed by atoms with Gasteiger partial charge in [0.1, 0.15) is 0 Å². The van der Waals surface area contributed by atoms with E-state index in [1.54, 1.807) is 0 Å². The van der Waals surface area contributed by atoms with Crippen molar-refractivity contribution in [3.8, 4) is 0 Å². The summed E-state index contributed by atoms with van der Waals surface area (Å²) >= 11 is 0. The zero-order chi connectivity index (χ0) is 14.6. The van der Waals surface area contributed by atoms with Crippen LogP contribution in [-0.2, 0) is 6.54 Å². The van der Waals surface area contributed by atoms with Crippen LogP contribution in [0, 0.1) is 5.92 Å². The first kappa shape index (κ1) is 15.5. The van der Waals surface area contributed by atoms with E-state index in [1.165, 1.54) is 24.0 Å². The molecule has 0 saturated heterocycles. The Bertz CT molecular complexity index is 402. The second kappa shape index (κ2) is 6.73. The lowest BCUT2D eigenvalue weighted by Gasteiger charge is -2.39. The lowest BCUT2D eigenvalue weighted by atomic mass is 9.77. The van der Waals surface area contributed by atoms with Gasteiger partial charge in [-0.05, 0) is 48.6 Å². The Morgan fingerprint density at radius 1 is 1.20 bits per heavy atom. The number of hydrogen-bond acceptors (Lipinski definition) is 2. The fraction of sp³-hybridized carbons (Fsp3) is 0.667. The third-order valence-corrected chi connectivity index (χ3v) is 4.85. The van der Waals surface area contributed by atoms with Crippen molar-refractivity contribution in [2.45, 2.75) is 64.5 Å². The van der Waals surface area contributed by atoms with Gasteiger partial charge in [0.05, 0.1) is 6.61 Å². The Morgan fingerprint density at radius 2 is 1.80 bits per heavy atom. The first-order valence-corrected chi connectivity index (χ1v) is 7.99. The predicted molar refractivity (Wildman–Crippen MR) is 84.8 cm³/mol. The molecule has 0 heterocycles. The Balaban J connectivity index is 1.93. The molecule has 0 bridgehead atoms. The molecule has 20 heavy (non-hydrogen) atoms. The van der Waals surface area contributed by atoms with Crippen LogP contribution in [0.1, 0.15) is 63.5 Å². The molecule has 0 radical (unpaired) electrons. The van der Waals surface area contributed by atoms with Crippen LogP contribution in [0.3, 0.4) is 0 Å². The van der Waals surface area contributed by atoms with Gasteiger partial charge in [0.15, 0.2) is 0 Å². The van der Waals surface area contributed by atoms with E-state index in [0.717, 1.165) is 25.3 Å². The molecule has 0 spiro atoms. The van der Waals surface area contributed by atoms with Crippen molar-refractivity contribution in [1.82, 2.24) is 5.32 Å². The highest BCUT2D eigenvalue weighted by atomic mass is 16.3. The summed E-state index contributed by atoms with van der Waals surface area (Å²) in [6.45, 7) is 7.86. The molecule has 1 fully saturated rings. The molecule has 1 aromatic carbocycles. The summed E-state index contributed by atoms with van der Waals surface area (Å²) in [5, 5.41) is 13.4. The van der Waals surface area contributed by atoms with Gasteiger partial charge in [0.2, 0.25) is 0 Å². The highest BCUT2D eigenvalue weighted by molar-refractivity contribution is 5.24. The van der Waals surface area contributed by atoms with Gasteiger partial charge in [-0.3, -0.25) is 0 Å². The van der Waals surface area contributed by atoms with Gasteiger partial charge >= 0.3 is 0 Å². The molecule has 112 valence electrons. The number of nitrogens with one attached hydrogen (secondary N) is 1. The monoisotopic (exact) mass is 275 g/mol. The van der Waals surface area contributed by atoms with E-state index in [9.17, 15) is 5.11 Å². The average Bonchev–Trinajstić information content (AvgIpc) is 2.48. The van der Waals surface area contributed by atoms with Crippen LogP contribution in [0.4, 0.5) is 0 Å². The maximum absolute atomic E-state index is 9.76. The second-order valence-electron chi connectivity index (χ2n) is 6.87. The second-order valence-corrected chi connectivity index (χ2v) is 6.87. The molecule has 0 unspecified atom stereocenters. The topological polar surface area (TPSA) is 32.3 Å². The zero-order valence-corrected chi connectivity index (χ0v) is 13.2. The standard InChI is InChI=1S/C18H29NO/c1-14(2)17-6-4-16(5-7-17)12-19-18(13-20)10-8-15(3)9-11-18/h4-7,14-15,19-20H,8-13H2,1-3H3. The highest BCUT2D eigenvalue weighted by Crippen LogP contribution is 2.31. The maximum atomic E-state index is 9.76.